The lowest BCUT2D eigenvalue weighted by atomic mass is 10.1. The summed E-state index contributed by atoms with van der Waals surface area (Å²) < 4.78 is 0. The Morgan fingerprint density at radius 2 is 1.66 bits per heavy atom. The maximum atomic E-state index is 12.6. The van der Waals surface area contributed by atoms with Crippen molar-refractivity contribution in [3.63, 3.8) is 0 Å². The van der Waals surface area contributed by atoms with E-state index in [1.807, 2.05) is 7.05 Å². The third-order valence-corrected chi connectivity index (χ3v) is 6.53. The lowest BCUT2D eigenvalue weighted by Crippen LogP contribution is -2.54. The molecule has 1 aromatic carbocycles. The lowest BCUT2D eigenvalue weighted by Gasteiger charge is -2.37. The van der Waals surface area contributed by atoms with Gasteiger partial charge in [-0.05, 0) is 24.8 Å². The molecule has 1 aliphatic carbocycles. The molecule has 6 heteroatoms. The predicted octanol–water partition coefficient (Wildman–Crippen LogP) is 2.14. The van der Waals surface area contributed by atoms with Crippen LogP contribution in [0.15, 0.2) is 35.3 Å². The first-order valence-electron chi connectivity index (χ1n) is 11.3. The summed E-state index contributed by atoms with van der Waals surface area (Å²) in [6.07, 6.45) is 6.02. The Balaban J connectivity index is 1.22. The van der Waals surface area contributed by atoms with E-state index in [0.717, 1.165) is 58.1 Å². The van der Waals surface area contributed by atoms with Crippen LogP contribution in [0.5, 0.6) is 0 Å². The molecule has 158 valence electrons. The number of amides is 1. The number of likely N-dealkylation sites (tertiary alicyclic amines) is 1. The molecule has 29 heavy (non-hydrogen) atoms. The summed E-state index contributed by atoms with van der Waals surface area (Å²) in [4.78, 5) is 23.9. The molecule has 3 aliphatic rings. The largest absolute Gasteiger partial charge is 0.353 e. The highest BCUT2D eigenvalue weighted by Crippen LogP contribution is 2.40. The number of carbonyl (C=O) groups excluding carboxylic acids is 1. The van der Waals surface area contributed by atoms with E-state index in [0.29, 0.717) is 24.4 Å². The van der Waals surface area contributed by atoms with Gasteiger partial charge in [-0.3, -0.25) is 14.7 Å². The zero-order valence-electron chi connectivity index (χ0n) is 17.7. The number of nitrogens with zero attached hydrogens (tertiary/aromatic N) is 4. The molecule has 1 amide bonds. The predicted molar refractivity (Wildman–Crippen MR) is 117 cm³/mol. The molecule has 6 nitrogen and oxygen atoms in total. The Bertz CT molecular complexity index is 690. The molecule has 0 spiro atoms. The van der Waals surface area contributed by atoms with Crippen LogP contribution < -0.4 is 5.32 Å². The molecule has 1 aromatic rings. The van der Waals surface area contributed by atoms with Crippen LogP contribution >= 0.6 is 0 Å². The lowest BCUT2D eigenvalue weighted by molar-refractivity contribution is -0.132. The molecular formula is C23H35N5O. The summed E-state index contributed by atoms with van der Waals surface area (Å²) >= 11 is 0. The fourth-order valence-corrected chi connectivity index (χ4v) is 4.62. The summed E-state index contributed by atoms with van der Waals surface area (Å²) in [5.41, 5.74) is 1.41. The van der Waals surface area contributed by atoms with Gasteiger partial charge in [-0.1, -0.05) is 43.2 Å². The van der Waals surface area contributed by atoms with Crippen molar-refractivity contribution in [1.82, 2.24) is 20.0 Å². The van der Waals surface area contributed by atoms with E-state index in [9.17, 15) is 4.79 Å². The number of hydrogen-bond donors (Lipinski definition) is 1. The monoisotopic (exact) mass is 397 g/mol. The van der Waals surface area contributed by atoms with Gasteiger partial charge in [0.2, 0.25) is 5.91 Å². The fourth-order valence-electron chi connectivity index (χ4n) is 4.62. The van der Waals surface area contributed by atoms with Gasteiger partial charge in [0.25, 0.3) is 0 Å². The van der Waals surface area contributed by atoms with Gasteiger partial charge in [-0.2, -0.15) is 0 Å². The molecule has 2 unspecified atom stereocenters. The van der Waals surface area contributed by atoms with E-state index < -0.39 is 0 Å². The molecule has 2 aliphatic heterocycles. The molecule has 2 atom stereocenters. The maximum absolute atomic E-state index is 12.6. The maximum Gasteiger partial charge on any atom is 0.236 e. The number of carbonyl (C=O) groups is 1. The second-order valence-electron chi connectivity index (χ2n) is 8.61. The first kappa shape index (κ1) is 20.2. The van der Waals surface area contributed by atoms with Crippen molar-refractivity contribution in [2.75, 3.05) is 52.9 Å². The molecule has 2 saturated heterocycles. The van der Waals surface area contributed by atoms with Crippen molar-refractivity contribution in [2.24, 2.45) is 4.99 Å². The normalized spacial score (nSPS) is 26.2. The first-order valence-corrected chi connectivity index (χ1v) is 11.3. The van der Waals surface area contributed by atoms with Gasteiger partial charge < -0.3 is 15.1 Å². The van der Waals surface area contributed by atoms with Crippen molar-refractivity contribution < 1.29 is 4.79 Å². The highest BCUT2D eigenvalue weighted by Gasteiger charge is 2.39. The molecule has 1 N–H and O–H groups in total. The van der Waals surface area contributed by atoms with Crippen LogP contribution in [0.3, 0.4) is 0 Å². The molecule has 0 radical (unpaired) electrons. The number of piperazine rings is 1. The van der Waals surface area contributed by atoms with E-state index in [4.69, 9.17) is 0 Å². The standard InChI is InChI=1S/C23H35N5O/c1-24-23(25-21-17-20(21)19-9-5-4-6-10-19)28-15-13-26(14-16-28)18-22(29)27-11-7-2-3-8-12-27/h4-6,9-10,20-21H,2-3,7-8,11-18H2,1H3,(H,24,25). The molecule has 0 aromatic heterocycles. The van der Waals surface area contributed by atoms with E-state index in [2.05, 4.69) is 55.3 Å². The molecule has 4 rings (SSSR count). The zero-order valence-corrected chi connectivity index (χ0v) is 17.7. The van der Waals surface area contributed by atoms with Crippen LogP contribution in [-0.2, 0) is 4.79 Å². The fraction of sp³-hybridized carbons (Fsp3) is 0.652. The van der Waals surface area contributed by atoms with Crippen molar-refractivity contribution in [3.05, 3.63) is 35.9 Å². The Morgan fingerprint density at radius 1 is 0.966 bits per heavy atom. The molecule has 2 heterocycles. The van der Waals surface area contributed by atoms with Gasteiger partial charge in [0, 0.05) is 58.3 Å². The van der Waals surface area contributed by atoms with E-state index in [-0.39, 0.29) is 0 Å². The second kappa shape index (κ2) is 9.61. The summed E-state index contributed by atoms with van der Waals surface area (Å²) in [7, 11) is 1.87. The third-order valence-electron chi connectivity index (χ3n) is 6.53. The van der Waals surface area contributed by atoms with Gasteiger partial charge >= 0.3 is 0 Å². The van der Waals surface area contributed by atoms with Gasteiger partial charge in [0.15, 0.2) is 5.96 Å². The number of benzene rings is 1. The summed E-state index contributed by atoms with van der Waals surface area (Å²) in [5, 5.41) is 3.66. The van der Waals surface area contributed by atoms with Crippen LogP contribution in [-0.4, -0.2) is 85.5 Å². The minimum absolute atomic E-state index is 0.312. The second-order valence-corrected chi connectivity index (χ2v) is 8.61. The van der Waals surface area contributed by atoms with Gasteiger partial charge in [0.05, 0.1) is 6.54 Å². The molecule has 1 saturated carbocycles. The zero-order chi connectivity index (χ0) is 20.1. The number of rotatable bonds is 4. The van der Waals surface area contributed by atoms with Gasteiger partial charge in [-0.15, -0.1) is 0 Å². The van der Waals surface area contributed by atoms with Crippen LogP contribution in [0.25, 0.3) is 0 Å². The van der Waals surface area contributed by atoms with Crippen molar-refractivity contribution in [2.45, 2.75) is 44.1 Å². The smallest absolute Gasteiger partial charge is 0.236 e. The van der Waals surface area contributed by atoms with Crippen LogP contribution in [0, 0.1) is 0 Å². The topological polar surface area (TPSA) is 51.2 Å². The minimum atomic E-state index is 0.312. The van der Waals surface area contributed by atoms with E-state index in [1.54, 1.807) is 0 Å². The summed E-state index contributed by atoms with van der Waals surface area (Å²) in [5.74, 6) is 1.92. The Labute approximate surface area is 175 Å². The highest BCUT2D eigenvalue weighted by molar-refractivity contribution is 5.81. The average Bonchev–Trinajstić information content (AvgIpc) is 3.57. The SMILES string of the molecule is CN=C(NC1CC1c1ccccc1)N1CCN(CC(=O)N2CCCCCC2)CC1. The van der Waals surface area contributed by atoms with Crippen LogP contribution in [0.2, 0.25) is 0 Å². The van der Waals surface area contributed by atoms with E-state index in [1.165, 1.54) is 24.8 Å². The van der Waals surface area contributed by atoms with Gasteiger partial charge in [0.1, 0.15) is 0 Å². The number of aliphatic imine (C=N–C) groups is 1. The summed E-state index contributed by atoms with van der Waals surface area (Å²) in [6, 6.07) is 11.2. The Hall–Kier alpha value is -2.08. The quantitative estimate of drug-likeness (QED) is 0.625. The van der Waals surface area contributed by atoms with Crippen molar-refractivity contribution in [3.8, 4) is 0 Å². The third kappa shape index (κ3) is 5.30. The molecule has 3 fully saturated rings. The van der Waals surface area contributed by atoms with Gasteiger partial charge in [-0.25, -0.2) is 0 Å². The summed E-state index contributed by atoms with van der Waals surface area (Å²) in [6.45, 7) is 6.16. The van der Waals surface area contributed by atoms with E-state index >= 15 is 0 Å². The van der Waals surface area contributed by atoms with Crippen LogP contribution in [0.1, 0.15) is 43.6 Å². The van der Waals surface area contributed by atoms with Crippen molar-refractivity contribution >= 4 is 11.9 Å². The molecule has 0 bridgehead atoms. The first-order chi connectivity index (χ1) is 14.2. The van der Waals surface area contributed by atoms with Crippen molar-refractivity contribution in [1.29, 1.82) is 0 Å². The number of guanidine groups is 1. The Morgan fingerprint density at radius 3 is 2.31 bits per heavy atom. The average molecular weight is 398 g/mol. The number of nitrogens with one attached hydrogen (secondary N) is 1. The molecular weight excluding hydrogens is 362 g/mol. The Kier molecular flexibility index (Phi) is 6.70. The van der Waals surface area contributed by atoms with Crippen LogP contribution in [0.4, 0.5) is 0 Å². The minimum Gasteiger partial charge on any atom is -0.353 e. The highest BCUT2D eigenvalue weighted by atomic mass is 16.2. The number of hydrogen-bond acceptors (Lipinski definition) is 3.